The summed E-state index contributed by atoms with van der Waals surface area (Å²) < 4.78 is 19.6. The molecule has 0 radical (unpaired) electrons. The van der Waals surface area contributed by atoms with E-state index in [0.29, 0.717) is 44.3 Å². The standard InChI is InChI=1S/C26H22FN3O6/c27-15-4-5-16-20(7-15)29-25(35)22-18-8-17(19(28)9-21(18)36-23(16)22)13-2-1-3-14(6-13)24(34)30-26(10-31,11-32)12-33/h1-9,31-33H,10-12,28H2,(H,29,35)(H,30,34). The number of aliphatic hydroxyl groups is 3. The molecule has 0 spiro atoms. The molecule has 184 valence electrons. The summed E-state index contributed by atoms with van der Waals surface area (Å²) in [6.07, 6.45) is 0. The Hall–Kier alpha value is -4.25. The summed E-state index contributed by atoms with van der Waals surface area (Å²) in [5, 5.41) is 32.3. The number of anilines is 1. The SMILES string of the molecule is Nc1cc2oc3c4ccc(F)cc4[nH]c(=O)c3c2cc1-c1cccc(C(=O)NC(CO)(CO)CO)c1. The van der Waals surface area contributed by atoms with E-state index in [0.717, 1.165) is 0 Å². The van der Waals surface area contributed by atoms with E-state index in [1.165, 1.54) is 24.3 Å². The first-order valence-corrected chi connectivity index (χ1v) is 11.0. The number of H-pyrrole nitrogens is 1. The van der Waals surface area contributed by atoms with E-state index >= 15 is 0 Å². The average molecular weight is 491 g/mol. The van der Waals surface area contributed by atoms with E-state index in [1.54, 1.807) is 30.3 Å². The van der Waals surface area contributed by atoms with Gasteiger partial charge in [0.15, 0.2) is 0 Å². The van der Waals surface area contributed by atoms with Crippen LogP contribution >= 0.6 is 0 Å². The summed E-state index contributed by atoms with van der Waals surface area (Å²) in [4.78, 5) is 28.4. The van der Waals surface area contributed by atoms with Gasteiger partial charge in [-0.25, -0.2) is 4.39 Å². The highest BCUT2D eigenvalue weighted by Crippen LogP contribution is 2.37. The number of nitrogens with two attached hydrogens (primary N) is 1. The number of amides is 1. The van der Waals surface area contributed by atoms with E-state index in [2.05, 4.69) is 10.3 Å². The number of hydrogen-bond donors (Lipinski definition) is 6. The highest BCUT2D eigenvalue weighted by Gasteiger charge is 2.30. The number of aromatic amines is 1. The van der Waals surface area contributed by atoms with Crippen LogP contribution in [-0.2, 0) is 0 Å². The monoisotopic (exact) mass is 491 g/mol. The molecule has 0 aliphatic carbocycles. The summed E-state index contributed by atoms with van der Waals surface area (Å²) in [6, 6.07) is 13.8. The van der Waals surface area contributed by atoms with Crippen molar-refractivity contribution in [2.24, 2.45) is 0 Å². The van der Waals surface area contributed by atoms with Crippen LogP contribution in [0.5, 0.6) is 0 Å². The first kappa shape index (κ1) is 23.5. The Balaban J connectivity index is 1.63. The van der Waals surface area contributed by atoms with Crippen molar-refractivity contribution in [3.63, 3.8) is 0 Å². The van der Waals surface area contributed by atoms with Crippen LogP contribution in [0.3, 0.4) is 0 Å². The number of carbonyl (C=O) groups is 1. The highest BCUT2D eigenvalue weighted by atomic mass is 19.1. The second kappa shape index (κ2) is 8.76. The minimum atomic E-state index is -1.58. The van der Waals surface area contributed by atoms with Crippen molar-refractivity contribution >= 4 is 44.4 Å². The molecular formula is C26H22FN3O6. The minimum Gasteiger partial charge on any atom is -0.455 e. The maximum atomic E-state index is 13.7. The number of furan rings is 1. The van der Waals surface area contributed by atoms with Crippen molar-refractivity contribution < 1.29 is 28.9 Å². The zero-order chi connectivity index (χ0) is 25.6. The average Bonchev–Trinajstić information content (AvgIpc) is 3.25. The lowest BCUT2D eigenvalue weighted by molar-refractivity contribution is 0.0375. The van der Waals surface area contributed by atoms with Gasteiger partial charge in [-0.3, -0.25) is 9.59 Å². The van der Waals surface area contributed by atoms with Gasteiger partial charge in [0.1, 0.15) is 22.5 Å². The molecule has 9 nitrogen and oxygen atoms in total. The number of pyridine rings is 1. The zero-order valence-corrected chi connectivity index (χ0v) is 18.8. The predicted octanol–water partition coefficient (Wildman–Crippen LogP) is 2.26. The maximum absolute atomic E-state index is 13.7. The van der Waals surface area contributed by atoms with E-state index in [9.17, 15) is 29.3 Å². The molecular weight excluding hydrogens is 469 g/mol. The Morgan fingerprint density at radius 3 is 2.50 bits per heavy atom. The van der Waals surface area contributed by atoms with Crippen molar-refractivity contribution in [1.82, 2.24) is 10.3 Å². The third-order valence-corrected chi connectivity index (χ3v) is 6.28. The lowest BCUT2D eigenvalue weighted by Crippen LogP contribution is -2.57. The summed E-state index contributed by atoms with van der Waals surface area (Å²) in [6.45, 7) is -1.96. The largest absolute Gasteiger partial charge is 0.455 e. The Labute approximate surface area is 202 Å². The van der Waals surface area contributed by atoms with Gasteiger partial charge in [-0.1, -0.05) is 12.1 Å². The Bertz CT molecular complexity index is 1700. The van der Waals surface area contributed by atoms with Crippen molar-refractivity contribution in [2.45, 2.75) is 5.54 Å². The third-order valence-electron chi connectivity index (χ3n) is 6.28. The summed E-state index contributed by atoms with van der Waals surface area (Å²) in [7, 11) is 0. The molecule has 0 unspecified atom stereocenters. The second-order valence-electron chi connectivity index (χ2n) is 8.68. The minimum absolute atomic E-state index is 0.203. The van der Waals surface area contributed by atoms with E-state index < -0.39 is 42.6 Å². The van der Waals surface area contributed by atoms with E-state index in [-0.39, 0.29) is 10.9 Å². The molecule has 0 saturated carbocycles. The van der Waals surface area contributed by atoms with E-state index in [4.69, 9.17) is 10.2 Å². The van der Waals surface area contributed by atoms with E-state index in [1.807, 2.05) is 0 Å². The molecule has 10 heteroatoms. The van der Waals surface area contributed by atoms with Gasteiger partial charge in [0.05, 0.1) is 30.7 Å². The Kier molecular flexibility index (Phi) is 5.71. The van der Waals surface area contributed by atoms with Gasteiger partial charge in [-0.15, -0.1) is 0 Å². The number of hydrogen-bond acceptors (Lipinski definition) is 7. The normalized spacial score (nSPS) is 12.0. The van der Waals surface area contributed by atoms with Crippen molar-refractivity contribution in [3.05, 3.63) is 76.3 Å². The molecule has 0 atom stereocenters. The van der Waals surface area contributed by atoms with Gasteiger partial charge >= 0.3 is 0 Å². The van der Waals surface area contributed by atoms with Crippen LogP contribution in [-0.4, -0.2) is 51.6 Å². The van der Waals surface area contributed by atoms with Crippen LogP contribution in [0.25, 0.3) is 44.0 Å². The molecule has 1 amide bonds. The zero-order valence-electron chi connectivity index (χ0n) is 18.8. The van der Waals surface area contributed by atoms with Crippen molar-refractivity contribution in [2.75, 3.05) is 25.6 Å². The third kappa shape index (κ3) is 3.77. The molecule has 5 rings (SSSR count). The molecule has 7 N–H and O–H groups in total. The van der Waals surface area contributed by atoms with Gasteiger partial charge in [0, 0.05) is 33.7 Å². The first-order chi connectivity index (χ1) is 17.3. The molecule has 36 heavy (non-hydrogen) atoms. The fraction of sp³-hybridized carbons (Fsp3) is 0.154. The number of carbonyl (C=O) groups excluding carboxylic acids is 1. The fourth-order valence-corrected chi connectivity index (χ4v) is 4.24. The number of nitrogen functional groups attached to an aromatic ring is 1. The number of halogens is 1. The molecule has 0 bridgehead atoms. The molecule has 2 heterocycles. The van der Waals surface area contributed by atoms with Crippen molar-refractivity contribution in [3.8, 4) is 11.1 Å². The summed E-state index contributed by atoms with van der Waals surface area (Å²) >= 11 is 0. The maximum Gasteiger partial charge on any atom is 0.260 e. The lowest BCUT2D eigenvalue weighted by atomic mass is 9.98. The first-order valence-electron chi connectivity index (χ1n) is 11.0. The molecule has 3 aromatic carbocycles. The number of nitrogens with one attached hydrogen (secondary N) is 2. The summed E-state index contributed by atoms with van der Waals surface area (Å²) in [5.74, 6) is -1.10. The van der Waals surface area contributed by atoms with Crippen LogP contribution in [0, 0.1) is 5.82 Å². The van der Waals surface area contributed by atoms with Gasteiger partial charge in [0.2, 0.25) is 0 Å². The molecule has 2 aromatic heterocycles. The Morgan fingerprint density at radius 2 is 1.78 bits per heavy atom. The number of rotatable bonds is 6. The van der Waals surface area contributed by atoms with Gasteiger partial charge in [-0.05, 0) is 42.0 Å². The van der Waals surface area contributed by atoms with Crippen molar-refractivity contribution in [1.29, 1.82) is 0 Å². The molecule has 0 aliphatic rings. The predicted molar refractivity (Wildman–Crippen MR) is 133 cm³/mol. The van der Waals surface area contributed by atoms with Gasteiger partial charge in [-0.2, -0.15) is 0 Å². The number of benzene rings is 3. The second-order valence-corrected chi connectivity index (χ2v) is 8.68. The number of aliphatic hydroxyl groups excluding tert-OH is 3. The van der Waals surface area contributed by atoms with Crippen LogP contribution < -0.4 is 16.6 Å². The lowest BCUT2D eigenvalue weighted by Gasteiger charge is -2.28. The molecule has 0 fully saturated rings. The topological polar surface area (TPSA) is 162 Å². The van der Waals surface area contributed by atoms with Gasteiger partial charge in [0.25, 0.3) is 11.5 Å². The molecule has 0 aliphatic heterocycles. The highest BCUT2D eigenvalue weighted by molar-refractivity contribution is 6.15. The quantitative estimate of drug-likeness (QED) is 0.199. The van der Waals surface area contributed by atoms with Crippen LogP contribution in [0.2, 0.25) is 0 Å². The van der Waals surface area contributed by atoms with Crippen LogP contribution in [0.15, 0.2) is 63.8 Å². The summed E-state index contributed by atoms with van der Waals surface area (Å²) in [5.41, 5.74) is 6.92. The fourth-order valence-electron chi connectivity index (χ4n) is 4.24. The Morgan fingerprint density at radius 1 is 1.03 bits per heavy atom. The molecule has 0 saturated heterocycles. The number of fused-ring (bicyclic) bond motifs is 5. The number of aromatic nitrogens is 1. The van der Waals surface area contributed by atoms with Crippen LogP contribution in [0.1, 0.15) is 10.4 Å². The van der Waals surface area contributed by atoms with Crippen LogP contribution in [0.4, 0.5) is 10.1 Å². The smallest absolute Gasteiger partial charge is 0.260 e. The van der Waals surface area contributed by atoms with Gasteiger partial charge < -0.3 is 35.8 Å². The molecule has 5 aromatic rings.